The van der Waals surface area contributed by atoms with Crippen molar-refractivity contribution < 1.29 is 9.18 Å². The van der Waals surface area contributed by atoms with Crippen LogP contribution in [0.5, 0.6) is 0 Å². The van der Waals surface area contributed by atoms with Crippen LogP contribution in [-0.2, 0) is 0 Å². The van der Waals surface area contributed by atoms with Crippen molar-refractivity contribution in [2.75, 3.05) is 12.4 Å². The number of rotatable bonds is 5. The van der Waals surface area contributed by atoms with Crippen molar-refractivity contribution in [1.29, 1.82) is 0 Å². The van der Waals surface area contributed by atoms with Gasteiger partial charge >= 0.3 is 0 Å². The molecule has 0 bridgehead atoms. The Labute approximate surface area is 176 Å². The van der Waals surface area contributed by atoms with Crippen LogP contribution < -0.4 is 5.32 Å². The number of halogens is 1. The van der Waals surface area contributed by atoms with Gasteiger partial charge in [-0.2, -0.15) is 0 Å². The van der Waals surface area contributed by atoms with Crippen LogP contribution in [0.15, 0.2) is 60.9 Å². The van der Waals surface area contributed by atoms with Crippen LogP contribution in [0.1, 0.15) is 42.5 Å². The third-order valence-electron chi connectivity index (χ3n) is 5.64. The third-order valence-corrected chi connectivity index (χ3v) is 5.64. The Morgan fingerprint density at radius 1 is 1.00 bits per heavy atom. The number of carbonyl (C=O) groups excluding carboxylic acids is 1. The highest BCUT2D eigenvalue weighted by Gasteiger charge is 2.22. The first kappa shape index (κ1) is 20.0. The second-order valence-corrected chi connectivity index (χ2v) is 7.72. The molecule has 1 aliphatic rings. The van der Waals surface area contributed by atoms with Crippen molar-refractivity contribution in [2.45, 2.75) is 38.1 Å². The van der Waals surface area contributed by atoms with Gasteiger partial charge in [-0.15, -0.1) is 0 Å². The van der Waals surface area contributed by atoms with Gasteiger partial charge in [-0.3, -0.25) is 4.79 Å². The van der Waals surface area contributed by atoms with E-state index in [2.05, 4.69) is 15.3 Å². The van der Waals surface area contributed by atoms with Crippen LogP contribution >= 0.6 is 0 Å². The molecule has 30 heavy (non-hydrogen) atoms. The van der Waals surface area contributed by atoms with E-state index in [-0.39, 0.29) is 11.7 Å². The molecule has 0 unspecified atom stereocenters. The largest absolute Gasteiger partial charge is 0.339 e. The highest BCUT2D eigenvalue weighted by molar-refractivity contribution is 5.94. The Bertz CT molecular complexity index is 998. The summed E-state index contributed by atoms with van der Waals surface area (Å²) in [4.78, 5) is 23.3. The number of anilines is 2. The second kappa shape index (κ2) is 9.03. The lowest BCUT2D eigenvalue weighted by molar-refractivity contribution is 0.0696. The van der Waals surface area contributed by atoms with Crippen molar-refractivity contribution in [3.63, 3.8) is 0 Å². The number of aromatic nitrogens is 2. The second-order valence-electron chi connectivity index (χ2n) is 7.72. The summed E-state index contributed by atoms with van der Waals surface area (Å²) < 4.78 is 13.4. The smallest absolute Gasteiger partial charge is 0.253 e. The molecule has 0 spiro atoms. The molecule has 2 aromatic carbocycles. The normalized spacial score (nSPS) is 14.3. The summed E-state index contributed by atoms with van der Waals surface area (Å²) in [6.45, 7) is 0. The number of nitrogens with one attached hydrogen (secondary N) is 1. The highest BCUT2D eigenvalue weighted by atomic mass is 19.1. The van der Waals surface area contributed by atoms with Crippen molar-refractivity contribution in [1.82, 2.24) is 14.9 Å². The predicted octanol–water partition coefficient (Wildman–Crippen LogP) is 5.43. The molecule has 0 aliphatic heterocycles. The molecule has 1 saturated carbocycles. The maximum absolute atomic E-state index is 13.4. The zero-order valence-electron chi connectivity index (χ0n) is 17.0. The summed E-state index contributed by atoms with van der Waals surface area (Å²) in [5, 5.41) is 3.13. The van der Waals surface area contributed by atoms with Crippen LogP contribution in [0.25, 0.3) is 11.1 Å². The minimum atomic E-state index is -0.293. The monoisotopic (exact) mass is 404 g/mol. The summed E-state index contributed by atoms with van der Waals surface area (Å²) in [6.07, 6.45) is 9.15. The van der Waals surface area contributed by atoms with Gasteiger partial charge in [-0.1, -0.05) is 31.4 Å². The van der Waals surface area contributed by atoms with E-state index in [0.717, 1.165) is 29.7 Å². The van der Waals surface area contributed by atoms with E-state index in [1.54, 1.807) is 18.5 Å². The van der Waals surface area contributed by atoms with Crippen molar-refractivity contribution >= 4 is 17.5 Å². The van der Waals surface area contributed by atoms with Crippen molar-refractivity contribution in [2.24, 2.45) is 0 Å². The van der Waals surface area contributed by atoms with E-state index in [1.165, 1.54) is 31.4 Å². The van der Waals surface area contributed by atoms with Crippen LogP contribution in [-0.4, -0.2) is 33.9 Å². The third kappa shape index (κ3) is 4.64. The minimum Gasteiger partial charge on any atom is -0.339 e. The minimum absolute atomic E-state index is 0.0594. The standard InChI is InChI=1S/C24H25FN4O/c1-29(22-8-3-2-4-9-22)23(30)17-10-12-21(13-11-17)28-24-26-15-19(16-27-24)18-6-5-7-20(25)14-18/h5-7,10-16,22H,2-4,8-9H2,1H3,(H,26,27,28). The number of carbonyl (C=O) groups is 1. The van der Waals surface area contributed by atoms with Gasteiger partial charge in [0.05, 0.1) is 0 Å². The molecule has 6 heteroatoms. The fourth-order valence-electron chi connectivity index (χ4n) is 3.87. The van der Waals surface area contributed by atoms with E-state index in [1.807, 2.05) is 42.3 Å². The van der Waals surface area contributed by atoms with Gasteiger partial charge in [-0.25, -0.2) is 14.4 Å². The van der Waals surface area contributed by atoms with E-state index in [0.29, 0.717) is 17.6 Å². The number of benzene rings is 2. The molecule has 0 saturated heterocycles. The van der Waals surface area contributed by atoms with E-state index in [4.69, 9.17) is 0 Å². The number of nitrogens with zero attached hydrogens (tertiary/aromatic N) is 3. The topological polar surface area (TPSA) is 58.1 Å². The molecule has 1 N–H and O–H groups in total. The van der Waals surface area contributed by atoms with Crippen LogP contribution in [0.3, 0.4) is 0 Å². The highest BCUT2D eigenvalue weighted by Crippen LogP contribution is 2.24. The summed E-state index contributed by atoms with van der Waals surface area (Å²) >= 11 is 0. The molecule has 0 radical (unpaired) electrons. The first-order chi connectivity index (χ1) is 14.6. The summed E-state index contributed by atoms with van der Waals surface area (Å²) in [6, 6.07) is 14.0. The molecule has 0 atom stereocenters. The van der Waals surface area contributed by atoms with E-state index < -0.39 is 0 Å². The average Bonchev–Trinajstić information content (AvgIpc) is 2.80. The number of hydrogen-bond acceptors (Lipinski definition) is 4. The molecule has 1 fully saturated rings. The molecular weight excluding hydrogens is 379 g/mol. The Morgan fingerprint density at radius 3 is 2.37 bits per heavy atom. The summed E-state index contributed by atoms with van der Waals surface area (Å²) in [5.74, 6) is 0.205. The Morgan fingerprint density at radius 2 is 1.70 bits per heavy atom. The van der Waals surface area contributed by atoms with Crippen LogP contribution in [0.4, 0.5) is 16.0 Å². The molecule has 1 heterocycles. The molecule has 5 nitrogen and oxygen atoms in total. The van der Waals surface area contributed by atoms with E-state index in [9.17, 15) is 9.18 Å². The quantitative estimate of drug-likeness (QED) is 0.616. The van der Waals surface area contributed by atoms with Gasteiger partial charge in [0.15, 0.2) is 0 Å². The Hall–Kier alpha value is -3.28. The lowest BCUT2D eigenvalue weighted by Crippen LogP contribution is -2.38. The molecule has 3 aromatic rings. The Balaban J connectivity index is 1.40. The van der Waals surface area contributed by atoms with Gasteiger partial charge in [0.1, 0.15) is 5.82 Å². The zero-order valence-corrected chi connectivity index (χ0v) is 17.0. The van der Waals surface area contributed by atoms with E-state index >= 15 is 0 Å². The molecule has 154 valence electrons. The summed E-state index contributed by atoms with van der Waals surface area (Å²) in [5.41, 5.74) is 2.94. The van der Waals surface area contributed by atoms with Crippen molar-refractivity contribution in [3.05, 3.63) is 72.3 Å². The molecule has 1 aliphatic carbocycles. The SMILES string of the molecule is CN(C(=O)c1ccc(Nc2ncc(-c3cccc(F)c3)cn2)cc1)C1CCCCC1. The zero-order chi connectivity index (χ0) is 20.9. The maximum Gasteiger partial charge on any atom is 0.253 e. The molecule has 1 aromatic heterocycles. The fourth-order valence-corrected chi connectivity index (χ4v) is 3.87. The van der Waals surface area contributed by atoms with Gasteiger partial charge in [-0.05, 0) is 54.8 Å². The Kier molecular flexibility index (Phi) is 6.02. The van der Waals surface area contributed by atoms with Gasteiger partial charge in [0, 0.05) is 42.3 Å². The first-order valence-electron chi connectivity index (χ1n) is 10.3. The number of amides is 1. The van der Waals surface area contributed by atoms with Gasteiger partial charge < -0.3 is 10.2 Å². The molecule has 1 amide bonds. The van der Waals surface area contributed by atoms with Gasteiger partial charge in [0.2, 0.25) is 5.95 Å². The van der Waals surface area contributed by atoms with Gasteiger partial charge in [0.25, 0.3) is 5.91 Å². The summed E-state index contributed by atoms with van der Waals surface area (Å²) in [7, 11) is 1.90. The lowest BCUT2D eigenvalue weighted by Gasteiger charge is -2.31. The first-order valence-corrected chi connectivity index (χ1v) is 10.3. The number of hydrogen-bond donors (Lipinski definition) is 1. The molecule has 4 rings (SSSR count). The van der Waals surface area contributed by atoms with Crippen LogP contribution in [0, 0.1) is 5.82 Å². The maximum atomic E-state index is 13.4. The van der Waals surface area contributed by atoms with Crippen molar-refractivity contribution in [3.8, 4) is 11.1 Å². The van der Waals surface area contributed by atoms with Crippen LogP contribution in [0.2, 0.25) is 0 Å². The fraction of sp³-hybridized carbons (Fsp3) is 0.292. The predicted molar refractivity (Wildman–Crippen MR) is 116 cm³/mol. The molecular formula is C24H25FN4O. The average molecular weight is 404 g/mol. The lowest BCUT2D eigenvalue weighted by atomic mass is 9.94.